The third kappa shape index (κ3) is 2.54. The van der Waals surface area contributed by atoms with Gasteiger partial charge in [0.1, 0.15) is 0 Å². The van der Waals surface area contributed by atoms with Crippen molar-refractivity contribution in [3.05, 3.63) is 30.0 Å². The molecule has 1 aliphatic rings. The Bertz CT molecular complexity index is 621. The minimum Gasteiger partial charge on any atom is -0.341 e. The van der Waals surface area contributed by atoms with E-state index < -0.39 is 0 Å². The first kappa shape index (κ1) is 13.1. The van der Waals surface area contributed by atoms with Gasteiger partial charge in [0.15, 0.2) is 0 Å². The van der Waals surface area contributed by atoms with Crippen LogP contribution in [0.5, 0.6) is 0 Å². The van der Waals surface area contributed by atoms with Crippen molar-refractivity contribution >= 4 is 16.8 Å². The number of benzene rings is 1. The fourth-order valence-electron chi connectivity index (χ4n) is 2.94. The van der Waals surface area contributed by atoms with Crippen LogP contribution in [0.15, 0.2) is 24.4 Å². The molecule has 0 bridgehead atoms. The second-order valence-electron chi connectivity index (χ2n) is 5.77. The summed E-state index contributed by atoms with van der Waals surface area (Å²) in [5, 5.41) is 7.92. The number of amides is 1. The lowest BCUT2D eigenvalue weighted by molar-refractivity contribution is 0.0774. The Balaban J connectivity index is 1.70. The predicted molar refractivity (Wildman–Crippen MR) is 78.7 cm³/mol. The topological polar surface area (TPSA) is 52.2 Å². The highest BCUT2D eigenvalue weighted by Crippen LogP contribution is 2.18. The van der Waals surface area contributed by atoms with Gasteiger partial charge in [0, 0.05) is 31.1 Å². The molecule has 1 atom stereocenters. The van der Waals surface area contributed by atoms with Crippen LogP contribution < -0.4 is 0 Å². The van der Waals surface area contributed by atoms with E-state index >= 15 is 0 Å². The first-order chi connectivity index (χ1) is 9.63. The summed E-state index contributed by atoms with van der Waals surface area (Å²) in [5.41, 5.74) is 1.63. The van der Waals surface area contributed by atoms with E-state index in [0.717, 1.165) is 36.1 Å². The molecule has 5 nitrogen and oxygen atoms in total. The van der Waals surface area contributed by atoms with Gasteiger partial charge in [-0.25, -0.2) is 0 Å². The predicted octanol–water partition coefficient (Wildman–Crippen LogP) is 1.59. The fraction of sp³-hybridized carbons (Fsp3) is 0.467. The fourth-order valence-corrected chi connectivity index (χ4v) is 2.94. The Hall–Kier alpha value is -1.88. The molecule has 2 heterocycles. The molecule has 1 amide bonds. The quantitative estimate of drug-likeness (QED) is 0.923. The number of fused-ring (bicyclic) bond motifs is 1. The van der Waals surface area contributed by atoms with Crippen molar-refractivity contribution in [1.29, 1.82) is 0 Å². The van der Waals surface area contributed by atoms with Crippen LogP contribution in [0.3, 0.4) is 0 Å². The lowest BCUT2D eigenvalue weighted by Gasteiger charge is -2.21. The van der Waals surface area contributed by atoms with E-state index in [1.54, 1.807) is 6.20 Å². The van der Waals surface area contributed by atoms with Crippen LogP contribution >= 0.6 is 0 Å². The van der Waals surface area contributed by atoms with Crippen molar-refractivity contribution in [3.63, 3.8) is 0 Å². The number of nitrogens with one attached hydrogen (secondary N) is 1. The minimum absolute atomic E-state index is 0.0797. The monoisotopic (exact) mass is 272 g/mol. The maximum atomic E-state index is 12.5. The van der Waals surface area contributed by atoms with Gasteiger partial charge in [-0.15, -0.1) is 0 Å². The summed E-state index contributed by atoms with van der Waals surface area (Å²) in [6, 6.07) is 5.68. The van der Waals surface area contributed by atoms with Crippen LogP contribution in [0.1, 0.15) is 16.8 Å². The summed E-state index contributed by atoms with van der Waals surface area (Å²) in [6.45, 7) is 3.04. The van der Waals surface area contributed by atoms with Crippen molar-refractivity contribution < 1.29 is 4.79 Å². The van der Waals surface area contributed by atoms with Gasteiger partial charge >= 0.3 is 0 Å². The first-order valence-corrected chi connectivity index (χ1v) is 7.00. The molecule has 5 heteroatoms. The van der Waals surface area contributed by atoms with E-state index in [1.807, 2.05) is 30.1 Å². The summed E-state index contributed by atoms with van der Waals surface area (Å²) < 4.78 is 0. The molecule has 1 aromatic carbocycles. The van der Waals surface area contributed by atoms with E-state index in [2.05, 4.69) is 22.1 Å². The maximum absolute atomic E-state index is 12.5. The molecule has 1 aromatic heterocycles. The first-order valence-electron chi connectivity index (χ1n) is 7.00. The maximum Gasteiger partial charge on any atom is 0.253 e. The van der Waals surface area contributed by atoms with Crippen LogP contribution in [0.2, 0.25) is 0 Å². The number of nitrogens with zero attached hydrogens (tertiary/aromatic N) is 3. The van der Waals surface area contributed by atoms with Crippen molar-refractivity contribution in [2.45, 2.75) is 6.42 Å². The molecule has 1 aliphatic heterocycles. The number of carbonyl (C=O) groups excluding carboxylic acids is 1. The number of rotatable bonds is 3. The zero-order valence-corrected chi connectivity index (χ0v) is 12.0. The Morgan fingerprint density at radius 2 is 2.40 bits per heavy atom. The molecule has 0 aliphatic carbocycles. The third-order valence-electron chi connectivity index (χ3n) is 4.06. The highest BCUT2D eigenvalue weighted by Gasteiger charge is 2.23. The minimum atomic E-state index is 0.0797. The van der Waals surface area contributed by atoms with Gasteiger partial charge in [0.2, 0.25) is 0 Å². The number of hydrogen-bond acceptors (Lipinski definition) is 3. The molecule has 0 saturated carbocycles. The SMILES string of the molecule is CN1CCC(CN(C)C(=O)c2ccc3cn[nH]c3c2)C1. The molecule has 106 valence electrons. The number of aromatic amines is 1. The van der Waals surface area contributed by atoms with Crippen LogP contribution in [0.25, 0.3) is 10.9 Å². The Kier molecular flexibility index (Phi) is 3.44. The van der Waals surface area contributed by atoms with Gasteiger partial charge in [0.25, 0.3) is 5.91 Å². The molecular formula is C15H20N4O. The number of likely N-dealkylation sites (tertiary alicyclic amines) is 1. The standard InChI is InChI=1S/C15H20N4O/c1-18-6-5-11(9-18)10-19(2)15(20)12-3-4-13-8-16-17-14(13)7-12/h3-4,7-8,11H,5-6,9-10H2,1-2H3,(H,16,17). The molecule has 0 radical (unpaired) electrons. The van der Waals surface area contributed by atoms with Gasteiger partial charge in [-0.1, -0.05) is 6.07 Å². The highest BCUT2D eigenvalue weighted by atomic mass is 16.2. The van der Waals surface area contributed by atoms with Crippen molar-refractivity contribution in [2.24, 2.45) is 5.92 Å². The van der Waals surface area contributed by atoms with Gasteiger partial charge < -0.3 is 9.80 Å². The smallest absolute Gasteiger partial charge is 0.253 e. The second-order valence-corrected chi connectivity index (χ2v) is 5.77. The summed E-state index contributed by atoms with van der Waals surface area (Å²) in [6.07, 6.45) is 2.94. The lowest BCUT2D eigenvalue weighted by atomic mass is 10.1. The van der Waals surface area contributed by atoms with Gasteiger partial charge in [-0.05, 0) is 38.1 Å². The third-order valence-corrected chi connectivity index (χ3v) is 4.06. The number of hydrogen-bond donors (Lipinski definition) is 1. The van der Waals surface area contributed by atoms with E-state index in [9.17, 15) is 4.79 Å². The summed E-state index contributed by atoms with van der Waals surface area (Å²) in [7, 11) is 4.02. The Morgan fingerprint density at radius 1 is 1.55 bits per heavy atom. The molecule has 1 fully saturated rings. The van der Waals surface area contributed by atoms with Gasteiger partial charge in [-0.3, -0.25) is 9.89 Å². The van der Waals surface area contributed by atoms with E-state index in [1.165, 1.54) is 6.42 Å². The number of aromatic nitrogens is 2. The van der Waals surface area contributed by atoms with Crippen LogP contribution in [0.4, 0.5) is 0 Å². The van der Waals surface area contributed by atoms with Gasteiger partial charge in [0.05, 0.1) is 11.7 Å². The lowest BCUT2D eigenvalue weighted by Crippen LogP contribution is -2.32. The molecule has 1 unspecified atom stereocenters. The Labute approximate surface area is 118 Å². The van der Waals surface area contributed by atoms with Crippen molar-refractivity contribution in [3.8, 4) is 0 Å². The molecular weight excluding hydrogens is 252 g/mol. The molecule has 20 heavy (non-hydrogen) atoms. The summed E-state index contributed by atoms with van der Waals surface area (Å²) >= 11 is 0. The van der Waals surface area contributed by atoms with Crippen LogP contribution in [-0.4, -0.2) is 59.6 Å². The average Bonchev–Trinajstić information content (AvgIpc) is 3.05. The summed E-state index contributed by atoms with van der Waals surface area (Å²) in [4.78, 5) is 16.6. The molecule has 1 saturated heterocycles. The highest BCUT2D eigenvalue weighted by molar-refractivity contribution is 5.97. The molecule has 1 N–H and O–H groups in total. The largest absolute Gasteiger partial charge is 0.341 e. The second kappa shape index (κ2) is 5.25. The van der Waals surface area contributed by atoms with Crippen LogP contribution in [-0.2, 0) is 0 Å². The van der Waals surface area contributed by atoms with E-state index in [4.69, 9.17) is 0 Å². The van der Waals surface area contributed by atoms with Crippen LogP contribution in [0, 0.1) is 5.92 Å². The normalized spacial score (nSPS) is 19.6. The van der Waals surface area contributed by atoms with Crippen molar-refractivity contribution in [2.75, 3.05) is 33.7 Å². The average molecular weight is 272 g/mol. The number of H-pyrrole nitrogens is 1. The zero-order valence-electron chi connectivity index (χ0n) is 12.0. The van der Waals surface area contributed by atoms with Gasteiger partial charge in [-0.2, -0.15) is 5.10 Å². The van der Waals surface area contributed by atoms with E-state index in [-0.39, 0.29) is 5.91 Å². The molecule has 3 rings (SSSR count). The number of carbonyl (C=O) groups is 1. The van der Waals surface area contributed by atoms with Crippen molar-refractivity contribution in [1.82, 2.24) is 20.0 Å². The molecule has 2 aromatic rings. The molecule has 0 spiro atoms. The Morgan fingerprint density at radius 3 is 3.15 bits per heavy atom. The zero-order chi connectivity index (χ0) is 14.1. The summed E-state index contributed by atoms with van der Waals surface area (Å²) in [5.74, 6) is 0.667. The van der Waals surface area contributed by atoms with E-state index in [0.29, 0.717) is 5.92 Å².